The minimum absolute atomic E-state index is 0.0417. The predicted octanol–water partition coefficient (Wildman–Crippen LogP) is 2.30. The van der Waals surface area contributed by atoms with Gasteiger partial charge in [0.1, 0.15) is 5.54 Å². The molecule has 3 heteroatoms. The van der Waals surface area contributed by atoms with Crippen molar-refractivity contribution in [1.82, 2.24) is 5.32 Å². The van der Waals surface area contributed by atoms with Crippen molar-refractivity contribution >= 4 is 5.91 Å². The van der Waals surface area contributed by atoms with Crippen molar-refractivity contribution in [3.8, 4) is 6.07 Å². The Morgan fingerprint density at radius 2 is 2.25 bits per heavy atom. The standard InChI is InChI=1S/C13H18N2O/c14-10-13(7-3-4-8-13)15-12(16)9-11-5-1-2-6-11/h1,5,11H,2-4,6-9H2,(H,15,16)/t11-/m1/s1. The molecule has 1 N–H and O–H groups in total. The minimum atomic E-state index is -0.556. The third-order valence-electron chi connectivity index (χ3n) is 3.61. The van der Waals surface area contributed by atoms with Crippen molar-refractivity contribution in [2.24, 2.45) is 5.92 Å². The molecular formula is C13H18N2O. The summed E-state index contributed by atoms with van der Waals surface area (Å²) < 4.78 is 0. The molecule has 0 aromatic carbocycles. The molecule has 0 aromatic heterocycles. The summed E-state index contributed by atoms with van der Waals surface area (Å²) in [5.74, 6) is 0.428. The lowest BCUT2D eigenvalue weighted by Crippen LogP contribution is -2.45. The highest BCUT2D eigenvalue weighted by Crippen LogP contribution is 2.29. The predicted molar refractivity (Wildman–Crippen MR) is 61.4 cm³/mol. The van der Waals surface area contributed by atoms with Crippen LogP contribution in [0, 0.1) is 17.2 Å². The van der Waals surface area contributed by atoms with Crippen molar-refractivity contribution in [1.29, 1.82) is 5.26 Å². The molecule has 1 fully saturated rings. The number of carbonyl (C=O) groups excluding carboxylic acids is 1. The van der Waals surface area contributed by atoms with E-state index >= 15 is 0 Å². The number of hydrogen-bond acceptors (Lipinski definition) is 2. The molecule has 2 aliphatic rings. The van der Waals surface area contributed by atoms with E-state index in [2.05, 4.69) is 23.5 Å². The molecule has 3 nitrogen and oxygen atoms in total. The quantitative estimate of drug-likeness (QED) is 0.739. The van der Waals surface area contributed by atoms with Crippen LogP contribution in [0.5, 0.6) is 0 Å². The fraction of sp³-hybridized carbons (Fsp3) is 0.692. The van der Waals surface area contributed by atoms with Gasteiger partial charge in [0, 0.05) is 6.42 Å². The summed E-state index contributed by atoms with van der Waals surface area (Å²) in [4.78, 5) is 11.8. The zero-order valence-electron chi connectivity index (χ0n) is 9.54. The molecule has 2 aliphatic carbocycles. The summed E-state index contributed by atoms with van der Waals surface area (Å²) in [6.45, 7) is 0. The summed E-state index contributed by atoms with van der Waals surface area (Å²) >= 11 is 0. The molecule has 1 saturated carbocycles. The first-order chi connectivity index (χ1) is 7.74. The van der Waals surface area contributed by atoms with Gasteiger partial charge in [0.25, 0.3) is 0 Å². The van der Waals surface area contributed by atoms with Crippen molar-refractivity contribution in [3.05, 3.63) is 12.2 Å². The van der Waals surface area contributed by atoms with E-state index in [9.17, 15) is 4.79 Å². The fourth-order valence-electron chi connectivity index (χ4n) is 2.66. The molecule has 0 radical (unpaired) electrons. The van der Waals surface area contributed by atoms with E-state index in [1.54, 1.807) is 0 Å². The smallest absolute Gasteiger partial charge is 0.221 e. The zero-order valence-corrected chi connectivity index (χ0v) is 9.54. The number of nitriles is 1. The molecule has 0 saturated heterocycles. The topological polar surface area (TPSA) is 52.9 Å². The molecule has 0 aliphatic heterocycles. The van der Waals surface area contributed by atoms with E-state index in [0.29, 0.717) is 12.3 Å². The van der Waals surface area contributed by atoms with Crippen LogP contribution in [0.15, 0.2) is 12.2 Å². The second-order valence-corrected chi connectivity index (χ2v) is 4.92. The van der Waals surface area contributed by atoms with E-state index in [-0.39, 0.29) is 5.91 Å². The van der Waals surface area contributed by atoms with Crippen LogP contribution in [0.2, 0.25) is 0 Å². The molecule has 16 heavy (non-hydrogen) atoms. The van der Waals surface area contributed by atoms with Crippen LogP contribution in [0.4, 0.5) is 0 Å². The number of amides is 1. The van der Waals surface area contributed by atoms with Gasteiger partial charge in [-0.25, -0.2) is 0 Å². The van der Waals surface area contributed by atoms with Gasteiger partial charge in [0.2, 0.25) is 5.91 Å². The monoisotopic (exact) mass is 218 g/mol. The molecule has 1 amide bonds. The Balaban J connectivity index is 1.86. The van der Waals surface area contributed by atoms with Crippen LogP contribution in [0.3, 0.4) is 0 Å². The largest absolute Gasteiger partial charge is 0.338 e. The molecule has 86 valence electrons. The molecule has 0 spiro atoms. The average molecular weight is 218 g/mol. The van der Waals surface area contributed by atoms with Crippen LogP contribution in [0.25, 0.3) is 0 Å². The van der Waals surface area contributed by atoms with Gasteiger partial charge in [-0.2, -0.15) is 5.26 Å². The number of nitrogens with one attached hydrogen (secondary N) is 1. The minimum Gasteiger partial charge on any atom is -0.338 e. The maximum Gasteiger partial charge on any atom is 0.221 e. The molecule has 0 heterocycles. The van der Waals surface area contributed by atoms with Crippen LogP contribution >= 0.6 is 0 Å². The van der Waals surface area contributed by atoms with E-state index < -0.39 is 5.54 Å². The molecule has 0 bridgehead atoms. The van der Waals surface area contributed by atoms with Gasteiger partial charge in [-0.05, 0) is 44.4 Å². The first-order valence-electron chi connectivity index (χ1n) is 6.13. The zero-order chi connectivity index (χ0) is 11.4. The first kappa shape index (κ1) is 11.2. The van der Waals surface area contributed by atoms with Gasteiger partial charge in [-0.1, -0.05) is 12.2 Å². The molecular weight excluding hydrogens is 200 g/mol. The lowest BCUT2D eigenvalue weighted by molar-refractivity contribution is -0.123. The Kier molecular flexibility index (Phi) is 3.28. The van der Waals surface area contributed by atoms with E-state index in [1.807, 2.05) is 0 Å². The van der Waals surface area contributed by atoms with Gasteiger partial charge < -0.3 is 5.32 Å². The van der Waals surface area contributed by atoms with Crippen molar-refractivity contribution < 1.29 is 4.79 Å². The normalized spacial score (nSPS) is 26.6. The number of hydrogen-bond donors (Lipinski definition) is 1. The lowest BCUT2D eigenvalue weighted by atomic mass is 9.98. The van der Waals surface area contributed by atoms with Gasteiger partial charge >= 0.3 is 0 Å². The lowest BCUT2D eigenvalue weighted by Gasteiger charge is -2.22. The number of nitrogens with zero attached hydrogens (tertiary/aromatic N) is 1. The highest BCUT2D eigenvalue weighted by atomic mass is 16.1. The van der Waals surface area contributed by atoms with Crippen molar-refractivity contribution in [3.63, 3.8) is 0 Å². The van der Waals surface area contributed by atoms with E-state index in [0.717, 1.165) is 38.5 Å². The summed E-state index contributed by atoms with van der Waals surface area (Å²) in [5, 5.41) is 12.1. The van der Waals surface area contributed by atoms with Crippen molar-refractivity contribution in [2.45, 2.75) is 50.5 Å². The van der Waals surface area contributed by atoms with Gasteiger partial charge in [-0.3, -0.25) is 4.79 Å². The van der Waals surface area contributed by atoms with Gasteiger partial charge in [-0.15, -0.1) is 0 Å². The van der Waals surface area contributed by atoms with Crippen LogP contribution in [0.1, 0.15) is 44.9 Å². The van der Waals surface area contributed by atoms with Gasteiger partial charge in [0.05, 0.1) is 6.07 Å². The molecule has 2 rings (SSSR count). The highest BCUT2D eigenvalue weighted by Gasteiger charge is 2.35. The SMILES string of the molecule is N#CC1(NC(=O)C[C@@H]2C=CCC2)CCCC1. The third-order valence-corrected chi connectivity index (χ3v) is 3.61. The number of rotatable bonds is 3. The maximum absolute atomic E-state index is 11.8. The molecule has 1 atom stereocenters. The first-order valence-corrected chi connectivity index (χ1v) is 6.13. The third kappa shape index (κ3) is 2.44. The van der Waals surface area contributed by atoms with Gasteiger partial charge in [0.15, 0.2) is 0 Å². The highest BCUT2D eigenvalue weighted by molar-refractivity contribution is 5.77. The Bertz CT molecular complexity index is 334. The second-order valence-electron chi connectivity index (χ2n) is 4.92. The molecule has 0 aromatic rings. The maximum atomic E-state index is 11.8. The van der Waals surface area contributed by atoms with Crippen LogP contribution in [-0.2, 0) is 4.79 Å². The van der Waals surface area contributed by atoms with Crippen molar-refractivity contribution in [2.75, 3.05) is 0 Å². The van der Waals surface area contributed by atoms with Crippen LogP contribution < -0.4 is 5.32 Å². The summed E-state index contributed by atoms with van der Waals surface area (Å²) in [5.41, 5.74) is -0.556. The Morgan fingerprint density at radius 3 is 2.81 bits per heavy atom. The Labute approximate surface area is 96.5 Å². The molecule has 0 unspecified atom stereocenters. The fourth-order valence-corrected chi connectivity index (χ4v) is 2.66. The summed E-state index contributed by atoms with van der Waals surface area (Å²) in [6.07, 6.45) is 10.7. The van der Waals surface area contributed by atoms with E-state index in [4.69, 9.17) is 5.26 Å². The summed E-state index contributed by atoms with van der Waals surface area (Å²) in [6, 6.07) is 2.28. The van der Waals surface area contributed by atoms with E-state index in [1.165, 1.54) is 0 Å². The Hall–Kier alpha value is -1.30. The average Bonchev–Trinajstić information content (AvgIpc) is 2.90. The van der Waals surface area contributed by atoms with Crippen LogP contribution in [-0.4, -0.2) is 11.4 Å². The number of carbonyl (C=O) groups is 1. The number of allylic oxidation sites excluding steroid dienone is 2. The second kappa shape index (κ2) is 4.69. The Morgan fingerprint density at radius 1 is 1.50 bits per heavy atom. The summed E-state index contributed by atoms with van der Waals surface area (Å²) in [7, 11) is 0.